The number of hydrogen-bond acceptors (Lipinski definition) is 1. The predicted molar refractivity (Wildman–Crippen MR) is 64.5 cm³/mol. The van der Waals surface area contributed by atoms with Crippen molar-refractivity contribution in [3.63, 3.8) is 0 Å². The molecule has 1 nitrogen and oxygen atoms in total. The fourth-order valence-electron chi connectivity index (χ4n) is 1.26. The Bertz CT molecular complexity index is 324. The number of hydrogen-bond donors (Lipinski definition) is 0. The Morgan fingerprint density at radius 1 is 1.14 bits per heavy atom. The summed E-state index contributed by atoms with van der Waals surface area (Å²) in [5, 5.41) is 0. The fraction of sp³-hybridized carbons (Fsp3) is 0.462. The molecule has 0 aliphatic carbocycles. The molecule has 0 fully saturated rings. The lowest BCUT2D eigenvalue weighted by atomic mass is 10.0. The maximum Gasteiger partial charge on any atom is 0.0450 e. The Labute approximate surface area is 87.9 Å². The molecule has 0 saturated heterocycles. The van der Waals surface area contributed by atoms with Gasteiger partial charge in [-0.1, -0.05) is 20.4 Å². The molecule has 1 heteroatoms. The molecular weight excluding hydrogens is 170 g/mol. The van der Waals surface area contributed by atoms with E-state index in [4.69, 9.17) is 0 Å². The quantitative estimate of drug-likeness (QED) is 0.652. The number of pyridine rings is 1. The van der Waals surface area contributed by atoms with E-state index in [1.165, 1.54) is 11.1 Å². The molecule has 1 aromatic rings. The number of nitrogens with zero attached hydrogens (tertiary/aromatic N) is 1. The van der Waals surface area contributed by atoms with Gasteiger partial charge in [0.1, 0.15) is 0 Å². The maximum atomic E-state index is 4.43. The highest BCUT2D eigenvalue weighted by molar-refractivity contribution is 5.63. The van der Waals surface area contributed by atoms with Crippen molar-refractivity contribution in [2.45, 2.75) is 41.5 Å². The lowest BCUT2D eigenvalue weighted by Gasteiger charge is -2.07. The van der Waals surface area contributed by atoms with Gasteiger partial charge < -0.3 is 0 Å². The van der Waals surface area contributed by atoms with Crippen LogP contribution in [0.5, 0.6) is 0 Å². The smallest absolute Gasteiger partial charge is 0.0450 e. The first-order chi connectivity index (χ1) is 6.52. The summed E-state index contributed by atoms with van der Waals surface area (Å²) in [5.74, 6) is 0. The normalized spacial score (nSPS) is 9.00. The van der Waals surface area contributed by atoms with E-state index in [9.17, 15) is 0 Å². The van der Waals surface area contributed by atoms with Crippen LogP contribution in [0.4, 0.5) is 0 Å². The van der Waals surface area contributed by atoms with Crippen LogP contribution in [0.3, 0.4) is 0 Å². The summed E-state index contributed by atoms with van der Waals surface area (Å²) >= 11 is 0. The molecule has 0 unspecified atom stereocenters. The molecule has 14 heavy (non-hydrogen) atoms. The Morgan fingerprint density at radius 2 is 1.64 bits per heavy atom. The minimum absolute atomic E-state index is 1.07. The molecule has 0 spiro atoms. The molecule has 0 N–H and O–H groups in total. The van der Waals surface area contributed by atoms with Crippen LogP contribution in [-0.4, -0.2) is 4.98 Å². The first-order valence-corrected chi connectivity index (χ1v) is 5.13. The van der Waals surface area contributed by atoms with Gasteiger partial charge in [0.15, 0.2) is 0 Å². The molecule has 0 saturated carbocycles. The Kier molecular flexibility index (Phi) is 5.14. The van der Waals surface area contributed by atoms with Crippen molar-refractivity contribution >= 4 is 5.57 Å². The maximum absolute atomic E-state index is 4.43. The number of aromatic nitrogens is 1. The van der Waals surface area contributed by atoms with Gasteiger partial charge in [-0.15, -0.1) is 0 Å². The van der Waals surface area contributed by atoms with Gasteiger partial charge in [0.05, 0.1) is 0 Å². The largest absolute Gasteiger partial charge is 0.258 e. The summed E-state index contributed by atoms with van der Waals surface area (Å²) in [6.07, 6.45) is 0. The zero-order valence-electron chi connectivity index (χ0n) is 10.2. The SMILES string of the molecule is C=C(C)c1cc(C)c(C)nc1C.CC. The van der Waals surface area contributed by atoms with Crippen molar-refractivity contribution in [2.75, 3.05) is 0 Å². The highest BCUT2D eigenvalue weighted by Crippen LogP contribution is 2.17. The lowest BCUT2D eigenvalue weighted by molar-refractivity contribution is 1.08. The minimum atomic E-state index is 1.07. The van der Waals surface area contributed by atoms with Gasteiger partial charge in [0.2, 0.25) is 0 Å². The highest BCUT2D eigenvalue weighted by Gasteiger charge is 2.02. The molecule has 78 valence electrons. The van der Waals surface area contributed by atoms with E-state index < -0.39 is 0 Å². The van der Waals surface area contributed by atoms with Gasteiger partial charge >= 0.3 is 0 Å². The van der Waals surface area contributed by atoms with Crippen LogP contribution >= 0.6 is 0 Å². The summed E-state index contributed by atoms with van der Waals surface area (Å²) in [7, 11) is 0. The third-order valence-corrected chi connectivity index (χ3v) is 2.12. The predicted octanol–water partition coefficient (Wildman–Crippen LogP) is 4.07. The lowest BCUT2D eigenvalue weighted by Crippen LogP contribution is -1.95. The summed E-state index contributed by atoms with van der Waals surface area (Å²) in [6.45, 7) is 16.1. The molecule has 1 aromatic heterocycles. The zero-order valence-corrected chi connectivity index (χ0v) is 10.2. The van der Waals surface area contributed by atoms with Gasteiger partial charge in [-0.3, -0.25) is 4.98 Å². The summed E-state index contributed by atoms with van der Waals surface area (Å²) < 4.78 is 0. The molecule has 0 radical (unpaired) electrons. The van der Waals surface area contributed by atoms with Crippen molar-refractivity contribution in [1.29, 1.82) is 0 Å². The van der Waals surface area contributed by atoms with Crippen LogP contribution < -0.4 is 0 Å². The van der Waals surface area contributed by atoms with Crippen molar-refractivity contribution < 1.29 is 0 Å². The molecule has 0 amide bonds. The van der Waals surface area contributed by atoms with Gasteiger partial charge in [-0.25, -0.2) is 0 Å². The number of aryl methyl sites for hydroxylation is 3. The second-order valence-corrected chi connectivity index (χ2v) is 3.30. The Morgan fingerprint density at radius 3 is 2.07 bits per heavy atom. The third kappa shape index (κ3) is 2.99. The van der Waals surface area contributed by atoms with Crippen LogP contribution in [0, 0.1) is 20.8 Å². The van der Waals surface area contributed by atoms with E-state index in [2.05, 4.69) is 24.6 Å². The highest BCUT2D eigenvalue weighted by atomic mass is 14.7. The molecular formula is C13H21N. The summed E-state index contributed by atoms with van der Waals surface area (Å²) in [6, 6.07) is 2.15. The average molecular weight is 191 g/mol. The first-order valence-electron chi connectivity index (χ1n) is 5.13. The second-order valence-electron chi connectivity index (χ2n) is 3.30. The Balaban J connectivity index is 0.000000791. The van der Waals surface area contributed by atoms with Crippen LogP contribution in [0.15, 0.2) is 12.6 Å². The topological polar surface area (TPSA) is 12.9 Å². The van der Waals surface area contributed by atoms with Crippen molar-refractivity contribution in [3.05, 3.63) is 35.2 Å². The van der Waals surface area contributed by atoms with Crippen molar-refractivity contribution in [1.82, 2.24) is 4.98 Å². The van der Waals surface area contributed by atoms with Gasteiger partial charge in [0.25, 0.3) is 0 Å². The number of rotatable bonds is 1. The minimum Gasteiger partial charge on any atom is -0.258 e. The van der Waals surface area contributed by atoms with Crippen molar-refractivity contribution in [2.24, 2.45) is 0 Å². The van der Waals surface area contributed by atoms with E-state index in [1.54, 1.807) is 0 Å². The van der Waals surface area contributed by atoms with Crippen molar-refractivity contribution in [3.8, 4) is 0 Å². The van der Waals surface area contributed by atoms with Gasteiger partial charge in [0, 0.05) is 11.4 Å². The molecule has 0 aliphatic heterocycles. The van der Waals surface area contributed by atoms with Crippen LogP contribution in [-0.2, 0) is 0 Å². The van der Waals surface area contributed by atoms with E-state index in [0.717, 1.165) is 17.0 Å². The van der Waals surface area contributed by atoms with E-state index in [1.807, 2.05) is 34.6 Å². The number of allylic oxidation sites excluding steroid dienone is 1. The standard InChI is InChI=1S/C11H15N.C2H6/c1-7(2)11-6-8(3)9(4)12-10(11)5;1-2/h6H,1H2,2-5H3;1-2H3. The van der Waals surface area contributed by atoms with Crippen LogP contribution in [0.2, 0.25) is 0 Å². The molecule has 0 aromatic carbocycles. The van der Waals surface area contributed by atoms with E-state index >= 15 is 0 Å². The Hall–Kier alpha value is -1.11. The average Bonchev–Trinajstić information content (AvgIpc) is 2.14. The third-order valence-electron chi connectivity index (χ3n) is 2.12. The summed E-state index contributed by atoms with van der Waals surface area (Å²) in [4.78, 5) is 4.43. The molecule has 0 bridgehead atoms. The van der Waals surface area contributed by atoms with Crippen LogP contribution in [0.1, 0.15) is 43.3 Å². The van der Waals surface area contributed by atoms with Gasteiger partial charge in [-0.05, 0) is 50.5 Å². The van der Waals surface area contributed by atoms with E-state index in [-0.39, 0.29) is 0 Å². The fourth-order valence-corrected chi connectivity index (χ4v) is 1.26. The molecule has 1 rings (SSSR count). The summed E-state index contributed by atoms with van der Waals surface area (Å²) in [5.41, 5.74) is 5.68. The monoisotopic (exact) mass is 191 g/mol. The first kappa shape index (κ1) is 12.9. The van der Waals surface area contributed by atoms with Gasteiger partial charge in [-0.2, -0.15) is 0 Å². The molecule has 0 atom stereocenters. The van der Waals surface area contributed by atoms with E-state index in [0.29, 0.717) is 0 Å². The second kappa shape index (κ2) is 5.58. The molecule has 1 heterocycles. The molecule has 0 aliphatic rings. The van der Waals surface area contributed by atoms with Crippen LogP contribution in [0.25, 0.3) is 5.57 Å². The zero-order chi connectivity index (χ0) is 11.3.